The SMILES string of the molecule is CN(CCc1ccccn1)C(=O)c1ccc2c(c1)CCN2. The third kappa shape index (κ3) is 3.05. The van der Waals surface area contributed by atoms with Crippen molar-refractivity contribution in [3.63, 3.8) is 0 Å². The normalized spacial score (nSPS) is 12.6. The number of amides is 1. The van der Waals surface area contributed by atoms with Crippen molar-refractivity contribution < 1.29 is 4.79 Å². The van der Waals surface area contributed by atoms with Gasteiger partial charge in [0, 0.05) is 49.7 Å². The summed E-state index contributed by atoms with van der Waals surface area (Å²) < 4.78 is 0. The number of nitrogens with zero attached hydrogens (tertiary/aromatic N) is 2. The van der Waals surface area contributed by atoms with Gasteiger partial charge in [-0.3, -0.25) is 9.78 Å². The number of hydrogen-bond donors (Lipinski definition) is 1. The van der Waals surface area contributed by atoms with Crippen LogP contribution in [0.5, 0.6) is 0 Å². The van der Waals surface area contributed by atoms with E-state index < -0.39 is 0 Å². The van der Waals surface area contributed by atoms with Gasteiger partial charge in [0.2, 0.25) is 0 Å². The summed E-state index contributed by atoms with van der Waals surface area (Å²) in [4.78, 5) is 18.5. The Bertz CT molecular complexity index is 640. The van der Waals surface area contributed by atoms with Gasteiger partial charge in [0.05, 0.1) is 0 Å². The van der Waals surface area contributed by atoms with Gasteiger partial charge >= 0.3 is 0 Å². The fourth-order valence-corrected chi connectivity index (χ4v) is 2.59. The first-order chi connectivity index (χ1) is 10.2. The van der Waals surface area contributed by atoms with E-state index in [0.29, 0.717) is 6.54 Å². The highest BCUT2D eigenvalue weighted by atomic mass is 16.2. The van der Waals surface area contributed by atoms with Gasteiger partial charge < -0.3 is 10.2 Å². The first-order valence-corrected chi connectivity index (χ1v) is 7.26. The van der Waals surface area contributed by atoms with Crippen molar-refractivity contribution in [2.24, 2.45) is 0 Å². The summed E-state index contributed by atoms with van der Waals surface area (Å²) in [5.74, 6) is 0.0700. The highest BCUT2D eigenvalue weighted by Gasteiger charge is 2.16. The Hall–Kier alpha value is -2.36. The van der Waals surface area contributed by atoms with Gasteiger partial charge in [-0.15, -0.1) is 0 Å². The van der Waals surface area contributed by atoms with Crippen LogP contribution in [-0.4, -0.2) is 35.9 Å². The minimum absolute atomic E-state index is 0.0700. The lowest BCUT2D eigenvalue weighted by molar-refractivity contribution is 0.0796. The van der Waals surface area contributed by atoms with Crippen LogP contribution in [0.25, 0.3) is 0 Å². The number of rotatable bonds is 4. The molecule has 0 bridgehead atoms. The summed E-state index contributed by atoms with van der Waals surface area (Å²) in [6.45, 7) is 1.63. The zero-order valence-electron chi connectivity index (χ0n) is 12.2. The molecular weight excluding hydrogens is 262 g/mol. The number of aromatic nitrogens is 1. The van der Waals surface area contributed by atoms with E-state index in [4.69, 9.17) is 0 Å². The zero-order valence-corrected chi connectivity index (χ0v) is 12.2. The molecule has 1 aliphatic heterocycles. The smallest absolute Gasteiger partial charge is 0.253 e. The zero-order chi connectivity index (χ0) is 14.7. The largest absolute Gasteiger partial charge is 0.384 e. The van der Waals surface area contributed by atoms with E-state index in [9.17, 15) is 4.79 Å². The lowest BCUT2D eigenvalue weighted by Crippen LogP contribution is -2.29. The van der Waals surface area contributed by atoms with E-state index in [1.807, 2.05) is 43.4 Å². The van der Waals surface area contributed by atoms with E-state index in [1.165, 1.54) is 5.56 Å². The molecule has 0 saturated heterocycles. The molecule has 2 heterocycles. The number of likely N-dealkylation sites (N-methyl/N-ethyl adjacent to an activating group) is 1. The van der Waals surface area contributed by atoms with E-state index in [1.54, 1.807) is 11.1 Å². The van der Waals surface area contributed by atoms with Crippen LogP contribution < -0.4 is 5.32 Å². The number of carbonyl (C=O) groups is 1. The Morgan fingerprint density at radius 3 is 3.05 bits per heavy atom. The summed E-state index contributed by atoms with van der Waals surface area (Å²) in [6, 6.07) is 11.8. The maximum absolute atomic E-state index is 12.5. The molecule has 0 atom stereocenters. The van der Waals surface area contributed by atoms with Gasteiger partial charge in [0.15, 0.2) is 0 Å². The van der Waals surface area contributed by atoms with Crippen molar-refractivity contribution in [2.45, 2.75) is 12.8 Å². The van der Waals surface area contributed by atoms with Crippen molar-refractivity contribution in [1.29, 1.82) is 0 Å². The van der Waals surface area contributed by atoms with Crippen molar-refractivity contribution in [3.8, 4) is 0 Å². The lowest BCUT2D eigenvalue weighted by Gasteiger charge is -2.17. The van der Waals surface area contributed by atoms with Crippen LogP contribution in [0, 0.1) is 0 Å². The Kier molecular flexibility index (Phi) is 3.86. The summed E-state index contributed by atoms with van der Waals surface area (Å²) in [6.07, 6.45) is 3.55. The van der Waals surface area contributed by atoms with E-state index in [-0.39, 0.29) is 5.91 Å². The number of pyridine rings is 1. The maximum Gasteiger partial charge on any atom is 0.253 e. The Labute approximate surface area is 124 Å². The molecule has 2 aromatic rings. The maximum atomic E-state index is 12.5. The Morgan fingerprint density at radius 1 is 1.33 bits per heavy atom. The number of benzene rings is 1. The highest BCUT2D eigenvalue weighted by Crippen LogP contribution is 2.23. The fourth-order valence-electron chi connectivity index (χ4n) is 2.59. The third-order valence-electron chi connectivity index (χ3n) is 3.84. The Balaban J connectivity index is 1.64. The molecule has 3 rings (SSSR count). The van der Waals surface area contributed by atoms with Crippen molar-refractivity contribution in [3.05, 3.63) is 59.4 Å². The fraction of sp³-hybridized carbons (Fsp3) is 0.294. The van der Waals surface area contributed by atoms with Gasteiger partial charge in [-0.05, 0) is 42.3 Å². The second-order valence-electron chi connectivity index (χ2n) is 5.35. The molecular formula is C17H19N3O. The second-order valence-corrected chi connectivity index (χ2v) is 5.35. The molecule has 1 aliphatic rings. The first-order valence-electron chi connectivity index (χ1n) is 7.26. The van der Waals surface area contributed by atoms with Crippen LogP contribution in [0.3, 0.4) is 0 Å². The van der Waals surface area contributed by atoms with Crippen molar-refractivity contribution in [1.82, 2.24) is 9.88 Å². The predicted molar refractivity (Wildman–Crippen MR) is 83.5 cm³/mol. The van der Waals surface area contributed by atoms with Gasteiger partial charge in [-0.1, -0.05) is 6.07 Å². The van der Waals surface area contributed by atoms with Gasteiger partial charge in [-0.2, -0.15) is 0 Å². The minimum atomic E-state index is 0.0700. The molecule has 4 heteroatoms. The van der Waals surface area contributed by atoms with Crippen LogP contribution in [0.4, 0.5) is 5.69 Å². The van der Waals surface area contributed by atoms with Gasteiger partial charge in [0.1, 0.15) is 0 Å². The van der Waals surface area contributed by atoms with Crippen molar-refractivity contribution >= 4 is 11.6 Å². The third-order valence-corrected chi connectivity index (χ3v) is 3.84. The molecule has 21 heavy (non-hydrogen) atoms. The monoisotopic (exact) mass is 281 g/mol. The van der Waals surface area contributed by atoms with Gasteiger partial charge in [0.25, 0.3) is 5.91 Å². The number of fused-ring (bicyclic) bond motifs is 1. The molecule has 0 unspecified atom stereocenters. The number of hydrogen-bond acceptors (Lipinski definition) is 3. The Morgan fingerprint density at radius 2 is 2.24 bits per heavy atom. The topological polar surface area (TPSA) is 45.2 Å². The van der Waals surface area contributed by atoms with Crippen molar-refractivity contribution in [2.75, 3.05) is 25.5 Å². The quantitative estimate of drug-likeness (QED) is 0.935. The summed E-state index contributed by atoms with van der Waals surface area (Å²) in [5, 5.41) is 3.31. The number of anilines is 1. The minimum Gasteiger partial charge on any atom is -0.384 e. The molecule has 1 aromatic heterocycles. The number of nitrogens with one attached hydrogen (secondary N) is 1. The standard InChI is InChI=1S/C17H19N3O/c1-20(11-8-15-4-2-3-9-18-15)17(21)14-5-6-16-13(12-14)7-10-19-16/h2-6,9,12,19H,7-8,10-11H2,1H3. The molecule has 0 fully saturated rings. The van der Waals surface area contributed by atoms with Crippen LogP contribution in [-0.2, 0) is 12.8 Å². The molecule has 0 spiro atoms. The van der Waals surface area contributed by atoms with Crippen LogP contribution in [0.2, 0.25) is 0 Å². The average molecular weight is 281 g/mol. The molecule has 1 N–H and O–H groups in total. The van der Waals surface area contributed by atoms with Crippen LogP contribution in [0.15, 0.2) is 42.6 Å². The van der Waals surface area contributed by atoms with Gasteiger partial charge in [-0.25, -0.2) is 0 Å². The predicted octanol–water partition coefficient (Wildman–Crippen LogP) is 2.36. The molecule has 1 amide bonds. The van der Waals surface area contributed by atoms with Crippen LogP contribution in [0.1, 0.15) is 21.6 Å². The summed E-state index contributed by atoms with van der Waals surface area (Å²) in [7, 11) is 1.84. The summed E-state index contributed by atoms with van der Waals surface area (Å²) >= 11 is 0. The van der Waals surface area contributed by atoms with E-state index in [0.717, 1.165) is 36.3 Å². The second kappa shape index (κ2) is 5.95. The molecule has 0 radical (unpaired) electrons. The molecule has 0 aliphatic carbocycles. The molecule has 1 aromatic carbocycles. The number of carbonyl (C=O) groups excluding carboxylic acids is 1. The first kappa shape index (κ1) is 13.6. The summed E-state index contributed by atoms with van der Waals surface area (Å²) in [5.41, 5.74) is 4.16. The molecule has 4 nitrogen and oxygen atoms in total. The lowest BCUT2D eigenvalue weighted by atomic mass is 10.1. The molecule has 0 saturated carbocycles. The average Bonchev–Trinajstić information content (AvgIpc) is 3.00. The van der Waals surface area contributed by atoms with E-state index in [2.05, 4.69) is 10.3 Å². The molecule has 108 valence electrons. The van der Waals surface area contributed by atoms with Crippen LogP contribution >= 0.6 is 0 Å². The van der Waals surface area contributed by atoms with E-state index >= 15 is 0 Å². The highest BCUT2D eigenvalue weighted by molar-refractivity contribution is 5.94.